The monoisotopic (exact) mass is 394 g/mol. The molecule has 0 amide bonds. The number of halogens is 4. The van der Waals surface area contributed by atoms with Crippen LogP contribution in [-0.4, -0.2) is 18.4 Å². The van der Waals surface area contributed by atoms with Gasteiger partial charge in [-0.15, -0.1) is 24.0 Å². The molecule has 0 aliphatic carbocycles. The second-order valence-electron chi connectivity index (χ2n) is 5.77. The Kier molecular flexibility index (Phi) is 9.65. The van der Waals surface area contributed by atoms with Crippen molar-refractivity contribution in [3.63, 3.8) is 0 Å². The predicted octanol–water partition coefficient (Wildman–Crippen LogP) is 5.82. The van der Waals surface area contributed by atoms with Gasteiger partial charge >= 0.3 is 0 Å². The summed E-state index contributed by atoms with van der Waals surface area (Å²) in [5.41, 5.74) is -0.136. The Morgan fingerprint density at radius 3 is 2.58 bits per heavy atom. The van der Waals surface area contributed by atoms with Crippen LogP contribution in [0.2, 0.25) is 5.02 Å². The summed E-state index contributed by atoms with van der Waals surface area (Å²) in [6, 6.07) is 4.88. The summed E-state index contributed by atoms with van der Waals surface area (Å²) in [5, 5.41) is 17.6. The van der Waals surface area contributed by atoms with Crippen molar-refractivity contribution in [2.24, 2.45) is 0 Å². The molecule has 0 saturated heterocycles. The standard InChI is InChI=1S/C17H21Cl2FN2O.ClH/c1-4-23-16(22)11(6-5-7-18)12-8-13(17(2,3)10-21)15(20)9-14(12)19;/h8-9,11,22H,4-7H2,1-3H3;1H. The molecule has 24 heavy (non-hydrogen) atoms. The minimum absolute atomic E-state index is 0. The van der Waals surface area contributed by atoms with Crippen LogP contribution < -0.4 is 0 Å². The van der Waals surface area contributed by atoms with Crippen LogP contribution in [0.5, 0.6) is 0 Å². The maximum Gasteiger partial charge on any atom is 0.188 e. The van der Waals surface area contributed by atoms with Crippen LogP contribution in [0.3, 0.4) is 0 Å². The summed E-state index contributed by atoms with van der Waals surface area (Å²) < 4.78 is 19.6. The van der Waals surface area contributed by atoms with Gasteiger partial charge in [0.1, 0.15) is 5.82 Å². The van der Waals surface area contributed by atoms with Gasteiger partial charge in [0, 0.05) is 16.5 Å². The van der Waals surface area contributed by atoms with E-state index >= 15 is 0 Å². The van der Waals surface area contributed by atoms with E-state index in [2.05, 4.69) is 6.07 Å². The lowest BCUT2D eigenvalue weighted by molar-refractivity contribution is 0.305. The minimum Gasteiger partial charge on any atom is -0.481 e. The number of nitrogens with zero attached hydrogens (tertiary/aromatic N) is 1. The molecule has 0 bridgehead atoms. The number of benzene rings is 1. The highest BCUT2D eigenvalue weighted by atomic mass is 35.5. The second-order valence-corrected chi connectivity index (χ2v) is 6.56. The quantitative estimate of drug-likeness (QED) is 0.359. The Morgan fingerprint density at radius 1 is 1.46 bits per heavy atom. The molecular weight excluding hydrogens is 374 g/mol. The topological polar surface area (TPSA) is 56.9 Å². The van der Waals surface area contributed by atoms with Crippen molar-refractivity contribution in [2.75, 3.05) is 12.5 Å². The molecule has 0 aliphatic heterocycles. The fourth-order valence-electron chi connectivity index (χ4n) is 2.34. The van der Waals surface area contributed by atoms with Crippen LogP contribution in [0.4, 0.5) is 4.39 Å². The van der Waals surface area contributed by atoms with Crippen LogP contribution in [0, 0.1) is 22.6 Å². The molecule has 0 saturated carbocycles. The lowest BCUT2D eigenvalue weighted by atomic mass is 9.82. The first-order chi connectivity index (χ1) is 10.8. The van der Waals surface area contributed by atoms with E-state index in [9.17, 15) is 9.65 Å². The van der Waals surface area contributed by atoms with Crippen molar-refractivity contribution >= 4 is 41.5 Å². The van der Waals surface area contributed by atoms with Gasteiger partial charge in [-0.25, -0.2) is 4.39 Å². The zero-order chi connectivity index (χ0) is 17.6. The summed E-state index contributed by atoms with van der Waals surface area (Å²) in [4.78, 5) is 0. The third-order valence-corrected chi connectivity index (χ3v) is 4.25. The molecular formula is C17H22Cl3FN2O. The van der Waals surface area contributed by atoms with Gasteiger partial charge in [-0.1, -0.05) is 11.6 Å². The van der Waals surface area contributed by atoms with Gasteiger partial charge in [0.15, 0.2) is 5.90 Å². The molecule has 1 atom stereocenters. The number of nitrogens with one attached hydrogen (secondary N) is 1. The van der Waals surface area contributed by atoms with E-state index in [0.29, 0.717) is 30.9 Å². The van der Waals surface area contributed by atoms with Gasteiger partial charge in [-0.2, -0.15) is 5.26 Å². The van der Waals surface area contributed by atoms with Crippen LogP contribution >= 0.6 is 35.6 Å². The van der Waals surface area contributed by atoms with E-state index in [1.165, 1.54) is 6.07 Å². The number of alkyl halides is 1. The van der Waals surface area contributed by atoms with E-state index in [0.717, 1.165) is 0 Å². The lowest BCUT2D eigenvalue weighted by Crippen LogP contribution is -2.20. The molecule has 0 heterocycles. The largest absolute Gasteiger partial charge is 0.481 e. The van der Waals surface area contributed by atoms with Crippen molar-refractivity contribution in [3.05, 3.63) is 34.1 Å². The molecule has 1 N–H and O–H groups in total. The molecule has 1 aromatic rings. The van der Waals surface area contributed by atoms with E-state index in [1.807, 2.05) is 0 Å². The van der Waals surface area contributed by atoms with Crippen LogP contribution in [-0.2, 0) is 10.2 Å². The molecule has 0 radical (unpaired) electrons. The highest BCUT2D eigenvalue weighted by molar-refractivity contribution is 6.31. The number of nitriles is 1. The number of ether oxygens (including phenoxy) is 1. The third-order valence-electron chi connectivity index (χ3n) is 3.66. The zero-order valence-electron chi connectivity index (χ0n) is 14.0. The van der Waals surface area contributed by atoms with Gasteiger partial charge in [0.25, 0.3) is 0 Å². The van der Waals surface area contributed by atoms with Crippen molar-refractivity contribution in [3.8, 4) is 6.07 Å². The zero-order valence-corrected chi connectivity index (χ0v) is 16.3. The summed E-state index contributed by atoms with van der Waals surface area (Å²) in [5.74, 6) is -0.406. The predicted molar refractivity (Wildman–Crippen MR) is 99.3 cm³/mol. The molecule has 7 heteroatoms. The first kappa shape index (κ1) is 23.0. The van der Waals surface area contributed by atoms with Crippen molar-refractivity contribution in [2.45, 2.75) is 44.9 Å². The third kappa shape index (κ3) is 5.51. The molecule has 1 aromatic carbocycles. The Hall–Kier alpha value is -1.02. The summed E-state index contributed by atoms with van der Waals surface area (Å²) in [6.07, 6.45) is 1.24. The normalized spacial score (nSPS) is 12.0. The molecule has 0 aliphatic rings. The van der Waals surface area contributed by atoms with Crippen LogP contribution in [0.25, 0.3) is 0 Å². The van der Waals surface area contributed by atoms with Crippen LogP contribution in [0.15, 0.2) is 12.1 Å². The van der Waals surface area contributed by atoms with E-state index < -0.39 is 17.2 Å². The first-order valence-electron chi connectivity index (χ1n) is 7.46. The van der Waals surface area contributed by atoms with Gasteiger partial charge in [-0.05, 0) is 51.3 Å². The Morgan fingerprint density at radius 2 is 2.08 bits per heavy atom. The molecule has 134 valence electrons. The first-order valence-corrected chi connectivity index (χ1v) is 8.37. The number of rotatable bonds is 7. The molecule has 0 aromatic heterocycles. The van der Waals surface area contributed by atoms with Crippen molar-refractivity contribution in [1.29, 1.82) is 10.7 Å². The van der Waals surface area contributed by atoms with E-state index in [4.69, 9.17) is 33.3 Å². The Labute approximate surface area is 159 Å². The molecule has 3 nitrogen and oxygen atoms in total. The fourth-order valence-corrected chi connectivity index (χ4v) is 2.77. The summed E-state index contributed by atoms with van der Waals surface area (Å²) in [6.45, 7) is 5.45. The van der Waals surface area contributed by atoms with E-state index in [1.54, 1.807) is 26.8 Å². The molecule has 1 unspecified atom stereocenters. The highest BCUT2D eigenvalue weighted by Gasteiger charge is 2.28. The Balaban J connectivity index is 0.00000529. The smallest absolute Gasteiger partial charge is 0.188 e. The van der Waals surface area contributed by atoms with Crippen molar-refractivity contribution < 1.29 is 9.13 Å². The number of hydrogen-bond acceptors (Lipinski definition) is 3. The molecule has 0 spiro atoms. The maximum absolute atomic E-state index is 14.2. The van der Waals surface area contributed by atoms with Crippen molar-refractivity contribution in [1.82, 2.24) is 0 Å². The van der Waals surface area contributed by atoms with Gasteiger partial charge < -0.3 is 4.74 Å². The summed E-state index contributed by atoms with van der Waals surface area (Å²) in [7, 11) is 0. The average molecular weight is 396 g/mol. The molecule has 1 rings (SSSR count). The summed E-state index contributed by atoms with van der Waals surface area (Å²) >= 11 is 12.0. The molecule has 0 fully saturated rings. The highest BCUT2D eigenvalue weighted by Crippen LogP contribution is 2.35. The van der Waals surface area contributed by atoms with E-state index in [-0.39, 0.29) is 28.9 Å². The van der Waals surface area contributed by atoms with Gasteiger partial charge in [0.05, 0.1) is 24.0 Å². The second kappa shape index (κ2) is 10.1. The average Bonchev–Trinajstić information content (AvgIpc) is 2.49. The van der Waals surface area contributed by atoms with Gasteiger partial charge in [-0.3, -0.25) is 5.41 Å². The minimum atomic E-state index is -0.992. The number of hydrogen-bond donors (Lipinski definition) is 1. The maximum atomic E-state index is 14.2. The Bertz CT molecular complexity index is 615. The van der Waals surface area contributed by atoms with Crippen LogP contribution in [0.1, 0.15) is 50.7 Å². The fraction of sp³-hybridized carbons (Fsp3) is 0.529. The SMILES string of the molecule is CCOC(=N)C(CCCCl)c1cc(C(C)(C)C#N)c(F)cc1Cl.Cl. The van der Waals surface area contributed by atoms with Gasteiger partial charge in [0.2, 0.25) is 0 Å². The lowest BCUT2D eigenvalue weighted by Gasteiger charge is -2.23.